The van der Waals surface area contributed by atoms with Crippen LogP contribution in [0.1, 0.15) is 12.8 Å². The van der Waals surface area contributed by atoms with E-state index < -0.39 is 29.7 Å². The number of hydrogen-bond acceptors (Lipinski definition) is 5. The number of nitrogens with zero attached hydrogens (tertiary/aromatic N) is 2. The fraction of sp³-hybridized carbons (Fsp3) is 0.357. The molecule has 118 valence electrons. The van der Waals surface area contributed by atoms with E-state index in [0.29, 0.717) is 6.29 Å². The van der Waals surface area contributed by atoms with Gasteiger partial charge in [-0.05, 0) is 12.5 Å². The number of likely N-dealkylation sites (N-methyl/N-ethyl adjacent to an activating group) is 1. The Morgan fingerprint density at radius 3 is 2.41 bits per heavy atom. The van der Waals surface area contributed by atoms with Crippen molar-refractivity contribution >= 4 is 30.0 Å². The molecule has 8 nitrogen and oxygen atoms in total. The van der Waals surface area contributed by atoms with Gasteiger partial charge in [0.15, 0.2) is 0 Å². The summed E-state index contributed by atoms with van der Waals surface area (Å²) in [6.07, 6.45) is 4.57. The number of carboxylic acid groups (broad SMARTS) is 1. The quantitative estimate of drug-likeness (QED) is 0.362. The van der Waals surface area contributed by atoms with Gasteiger partial charge in [0.05, 0.1) is 6.04 Å². The van der Waals surface area contributed by atoms with E-state index in [2.05, 4.69) is 0 Å². The number of aliphatic carboxylic acids is 1. The van der Waals surface area contributed by atoms with Crippen LogP contribution in [0.5, 0.6) is 0 Å². The Morgan fingerprint density at radius 2 is 1.91 bits per heavy atom. The minimum Gasteiger partial charge on any atom is -0.481 e. The summed E-state index contributed by atoms with van der Waals surface area (Å²) < 4.78 is 0. The number of allylic oxidation sites excluding steroid dienone is 1. The van der Waals surface area contributed by atoms with Gasteiger partial charge in [-0.3, -0.25) is 28.9 Å². The topological polar surface area (TPSA) is 112 Å². The molecule has 1 aliphatic heterocycles. The second-order valence-electron chi connectivity index (χ2n) is 4.65. The summed E-state index contributed by atoms with van der Waals surface area (Å²) in [4.78, 5) is 58.1. The molecule has 1 heterocycles. The maximum atomic E-state index is 11.9. The average molecular weight is 308 g/mol. The van der Waals surface area contributed by atoms with Gasteiger partial charge in [0.2, 0.25) is 5.91 Å². The van der Waals surface area contributed by atoms with Crippen molar-refractivity contribution in [3.8, 4) is 0 Å². The molecule has 0 aromatic rings. The summed E-state index contributed by atoms with van der Waals surface area (Å²) in [5.41, 5.74) is 0. The van der Waals surface area contributed by atoms with Crippen molar-refractivity contribution in [1.29, 1.82) is 0 Å². The Balaban J connectivity index is 2.82. The van der Waals surface area contributed by atoms with Crippen molar-refractivity contribution in [2.45, 2.75) is 18.9 Å². The number of carboxylic acids is 1. The van der Waals surface area contributed by atoms with Crippen molar-refractivity contribution < 1.29 is 29.1 Å². The van der Waals surface area contributed by atoms with Gasteiger partial charge in [0, 0.05) is 38.2 Å². The SMILES string of the molecule is CN(C(=O)/C=C\C=O)C(CCC(=O)O)CN1C(=O)C=CC1=O. The van der Waals surface area contributed by atoms with E-state index in [-0.39, 0.29) is 19.4 Å². The maximum absolute atomic E-state index is 11.9. The van der Waals surface area contributed by atoms with E-state index in [4.69, 9.17) is 5.11 Å². The lowest BCUT2D eigenvalue weighted by Gasteiger charge is -2.30. The van der Waals surface area contributed by atoms with Crippen LogP contribution in [-0.2, 0) is 24.0 Å². The third-order valence-corrected chi connectivity index (χ3v) is 3.20. The zero-order chi connectivity index (χ0) is 16.7. The molecular formula is C14H16N2O6. The average Bonchev–Trinajstić information content (AvgIpc) is 2.79. The first-order valence-electron chi connectivity index (χ1n) is 6.50. The van der Waals surface area contributed by atoms with E-state index in [1.54, 1.807) is 0 Å². The number of amides is 3. The standard InChI is InChI=1S/C14H16N2O6/c1-15(11(18)3-2-8-17)10(4-7-14(21)22)9-16-12(19)5-6-13(16)20/h2-3,5-6,8,10H,4,7,9H2,1H3,(H,21,22)/b3-2-. The van der Waals surface area contributed by atoms with Crippen LogP contribution in [-0.4, -0.2) is 64.5 Å². The van der Waals surface area contributed by atoms with E-state index in [1.165, 1.54) is 11.9 Å². The van der Waals surface area contributed by atoms with Gasteiger partial charge in [-0.2, -0.15) is 0 Å². The van der Waals surface area contributed by atoms with Crippen LogP contribution in [0.4, 0.5) is 0 Å². The van der Waals surface area contributed by atoms with Gasteiger partial charge in [-0.1, -0.05) is 0 Å². The second-order valence-corrected chi connectivity index (χ2v) is 4.65. The zero-order valence-corrected chi connectivity index (χ0v) is 12.0. The molecule has 0 radical (unpaired) electrons. The predicted octanol–water partition coefficient (Wildman–Crippen LogP) is -0.642. The minimum absolute atomic E-state index is 0.0730. The summed E-state index contributed by atoms with van der Waals surface area (Å²) in [6, 6.07) is -0.660. The van der Waals surface area contributed by atoms with Crippen LogP contribution >= 0.6 is 0 Å². The molecule has 0 aliphatic carbocycles. The predicted molar refractivity (Wildman–Crippen MR) is 74.5 cm³/mol. The van der Waals surface area contributed by atoms with Crippen molar-refractivity contribution in [3.05, 3.63) is 24.3 Å². The number of aldehydes is 1. The van der Waals surface area contributed by atoms with Crippen molar-refractivity contribution in [1.82, 2.24) is 9.80 Å². The Bertz CT molecular complexity index is 534. The minimum atomic E-state index is -1.05. The molecule has 1 aliphatic rings. The fourth-order valence-electron chi connectivity index (χ4n) is 1.94. The van der Waals surface area contributed by atoms with E-state index >= 15 is 0 Å². The zero-order valence-electron chi connectivity index (χ0n) is 12.0. The summed E-state index contributed by atoms with van der Waals surface area (Å²) >= 11 is 0. The molecule has 0 saturated heterocycles. The van der Waals surface area contributed by atoms with Crippen LogP contribution in [0.2, 0.25) is 0 Å². The lowest BCUT2D eigenvalue weighted by molar-refractivity contribution is -0.140. The fourth-order valence-corrected chi connectivity index (χ4v) is 1.94. The molecule has 1 N–H and O–H groups in total. The lowest BCUT2D eigenvalue weighted by Crippen LogP contribution is -2.46. The number of carbonyl (C=O) groups excluding carboxylic acids is 4. The van der Waals surface area contributed by atoms with E-state index in [0.717, 1.165) is 29.2 Å². The molecule has 0 aromatic heterocycles. The van der Waals surface area contributed by atoms with Crippen molar-refractivity contribution in [3.63, 3.8) is 0 Å². The molecule has 1 rings (SSSR count). The molecule has 1 atom stereocenters. The highest BCUT2D eigenvalue weighted by Crippen LogP contribution is 2.12. The normalized spacial score (nSPS) is 15.4. The highest BCUT2D eigenvalue weighted by atomic mass is 16.4. The number of carbonyl (C=O) groups is 5. The van der Waals surface area contributed by atoms with Gasteiger partial charge in [0.25, 0.3) is 11.8 Å². The van der Waals surface area contributed by atoms with Gasteiger partial charge >= 0.3 is 5.97 Å². The Hall–Kier alpha value is -2.77. The Morgan fingerprint density at radius 1 is 1.32 bits per heavy atom. The van der Waals surface area contributed by atoms with Gasteiger partial charge in [-0.25, -0.2) is 0 Å². The molecule has 0 aromatic carbocycles. The number of rotatable bonds is 8. The molecule has 0 bridgehead atoms. The highest BCUT2D eigenvalue weighted by Gasteiger charge is 2.29. The van der Waals surface area contributed by atoms with Gasteiger partial charge in [0.1, 0.15) is 6.29 Å². The smallest absolute Gasteiger partial charge is 0.303 e. The summed E-state index contributed by atoms with van der Waals surface area (Å²) in [5, 5.41) is 8.77. The first-order chi connectivity index (χ1) is 10.4. The van der Waals surface area contributed by atoms with Crippen molar-refractivity contribution in [2.24, 2.45) is 0 Å². The van der Waals surface area contributed by atoms with Gasteiger partial charge < -0.3 is 10.0 Å². The highest BCUT2D eigenvalue weighted by molar-refractivity contribution is 6.12. The number of imide groups is 1. The van der Waals surface area contributed by atoms with Crippen molar-refractivity contribution in [2.75, 3.05) is 13.6 Å². The van der Waals surface area contributed by atoms with Crippen LogP contribution in [0.3, 0.4) is 0 Å². The molecular weight excluding hydrogens is 292 g/mol. The lowest BCUT2D eigenvalue weighted by atomic mass is 10.1. The van der Waals surface area contributed by atoms with Crippen LogP contribution in [0, 0.1) is 0 Å². The third-order valence-electron chi connectivity index (χ3n) is 3.20. The molecule has 0 spiro atoms. The third kappa shape index (κ3) is 4.65. The monoisotopic (exact) mass is 308 g/mol. The molecule has 22 heavy (non-hydrogen) atoms. The van der Waals surface area contributed by atoms with E-state index in [1.807, 2.05) is 0 Å². The first-order valence-corrected chi connectivity index (χ1v) is 6.50. The molecule has 0 fully saturated rings. The molecule has 8 heteroatoms. The Kier molecular flexibility index (Phi) is 6.18. The molecule has 1 unspecified atom stereocenters. The van der Waals surface area contributed by atoms with Crippen LogP contribution in [0.15, 0.2) is 24.3 Å². The molecule has 3 amide bonds. The second kappa shape index (κ2) is 7.87. The summed E-state index contributed by atoms with van der Waals surface area (Å²) in [7, 11) is 1.42. The largest absolute Gasteiger partial charge is 0.481 e. The number of hydrogen-bond donors (Lipinski definition) is 1. The summed E-state index contributed by atoms with van der Waals surface area (Å²) in [5.74, 6) is -2.58. The van der Waals surface area contributed by atoms with Crippen LogP contribution in [0.25, 0.3) is 0 Å². The maximum Gasteiger partial charge on any atom is 0.303 e. The summed E-state index contributed by atoms with van der Waals surface area (Å²) in [6.45, 7) is -0.102. The molecule has 0 saturated carbocycles. The first kappa shape index (κ1) is 17.3. The van der Waals surface area contributed by atoms with Gasteiger partial charge in [-0.15, -0.1) is 0 Å². The Labute approximate surface area is 126 Å². The van der Waals surface area contributed by atoms with E-state index in [9.17, 15) is 24.0 Å². The van der Waals surface area contributed by atoms with Crippen LogP contribution < -0.4 is 0 Å².